The average molecular weight is 243 g/mol. The summed E-state index contributed by atoms with van der Waals surface area (Å²) in [5, 5.41) is 0. The second kappa shape index (κ2) is 4.87. The van der Waals surface area contributed by atoms with E-state index in [-0.39, 0.29) is 11.5 Å². The van der Waals surface area contributed by atoms with E-state index < -0.39 is 6.43 Å². The zero-order valence-corrected chi connectivity index (χ0v) is 9.58. The molecule has 1 aliphatic rings. The number of benzene rings is 1. The minimum atomic E-state index is -2.53. The largest absolute Gasteiger partial charge is 0.486 e. The molecule has 1 heterocycles. The molecule has 0 amide bonds. The molecule has 0 radical (unpaired) electrons. The van der Waals surface area contributed by atoms with Gasteiger partial charge in [0.05, 0.1) is 0 Å². The lowest BCUT2D eigenvalue weighted by atomic mass is 9.95. The number of hydrogen-bond donors (Lipinski definition) is 1. The molecule has 0 aromatic heterocycles. The van der Waals surface area contributed by atoms with Crippen LogP contribution in [0.3, 0.4) is 0 Å². The first kappa shape index (κ1) is 12.1. The molecule has 0 fully saturated rings. The molecule has 5 heteroatoms. The van der Waals surface area contributed by atoms with E-state index in [1.165, 1.54) is 6.07 Å². The summed E-state index contributed by atoms with van der Waals surface area (Å²) in [5.74, 6) is 0.783. The molecular weight excluding hydrogens is 228 g/mol. The van der Waals surface area contributed by atoms with E-state index in [0.29, 0.717) is 36.8 Å². The Morgan fingerprint density at radius 1 is 1.18 bits per heavy atom. The van der Waals surface area contributed by atoms with Crippen molar-refractivity contribution < 1.29 is 18.3 Å². The smallest absolute Gasteiger partial charge is 0.264 e. The van der Waals surface area contributed by atoms with Crippen molar-refractivity contribution in [1.82, 2.24) is 0 Å². The lowest BCUT2D eigenvalue weighted by molar-refractivity contribution is 0.145. The predicted octanol–water partition coefficient (Wildman–Crippen LogP) is 2.46. The van der Waals surface area contributed by atoms with E-state index in [1.807, 2.05) is 6.92 Å². The molecule has 0 aliphatic carbocycles. The van der Waals surface area contributed by atoms with E-state index in [2.05, 4.69) is 0 Å². The van der Waals surface area contributed by atoms with E-state index in [1.54, 1.807) is 6.07 Å². The monoisotopic (exact) mass is 243 g/mol. The maximum absolute atomic E-state index is 13.0. The summed E-state index contributed by atoms with van der Waals surface area (Å²) >= 11 is 0. The first-order valence-corrected chi connectivity index (χ1v) is 5.55. The van der Waals surface area contributed by atoms with E-state index in [9.17, 15) is 8.78 Å². The van der Waals surface area contributed by atoms with Gasteiger partial charge >= 0.3 is 0 Å². The lowest BCUT2D eigenvalue weighted by Gasteiger charge is -2.22. The third-order valence-corrected chi connectivity index (χ3v) is 2.87. The summed E-state index contributed by atoms with van der Waals surface area (Å²) in [6.07, 6.45) is -2.53. The van der Waals surface area contributed by atoms with Crippen molar-refractivity contribution in [3.63, 3.8) is 0 Å². The molecule has 2 rings (SSSR count). The molecular formula is C12H15F2NO2. The Labute approximate surface area is 98.5 Å². The Hall–Kier alpha value is -1.36. The van der Waals surface area contributed by atoms with E-state index >= 15 is 0 Å². The molecule has 0 saturated carbocycles. The van der Waals surface area contributed by atoms with Crippen LogP contribution in [0.5, 0.6) is 11.5 Å². The highest BCUT2D eigenvalue weighted by Crippen LogP contribution is 2.39. The van der Waals surface area contributed by atoms with Crippen LogP contribution in [-0.4, -0.2) is 19.8 Å². The van der Waals surface area contributed by atoms with Gasteiger partial charge in [-0.15, -0.1) is 0 Å². The summed E-state index contributed by atoms with van der Waals surface area (Å²) in [4.78, 5) is 0. The van der Waals surface area contributed by atoms with Crippen LogP contribution in [0.25, 0.3) is 0 Å². The highest BCUT2D eigenvalue weighted by molar-refractivity contribution is 5.49. The van der Waals surface area contributed by atoms with Crippen LogP contribution in [0.2, 0.25) is 0 Å². The van der Waals surface area contributed by atoms with Crippen LogP contribution in [0.15, 0.2) is 12.1 Å². The predicted molar refractivity (Wildman–Crippen MR) is 59.9 cm³/mol. The highest BCUT2D eigenvalue weighted by atomic mass is 19.3. The van der Waals surface area contributed by atoms with Crippen molar-refractivity contribution in [3.05, 3.63) is 23.3 Å². The molecule has 94 valence electrons. The normalized spacial score (nSPS) is 16.1. The lowest BCUT2D eigenvalue weighted by Crippen LogP contribution is -2.17. The molecule has 1 aromatic carbocycles. The van der Waals surface area contributed by atoms with E-state index in [0.717, 1.165) is 0 Å². The summed E-state index contributed by atoms with van der Waals surface area (Å²) in [6.45, 7) is 2.97. The molecule has 3 nitrogen and oxygen atoms in total. The van der Waals surface area contributed by atoms with Gasteiger partial charge in [0.2, 0.25) is 0 Å². The number of halogens is 2. The van der Waals surface area contributed by atoms with Gasteiger partial charge in [-0.25, -0.2) is 8.78 Å². The molecule has 0 saturated heterocycles. The maximum atomic E-state index is 13.0. The SMILES string of the molecule is CC(CN)c1cc2c(cc1C(F)F)OCCO2. The van der Waals surface area contributed by atoms with Gasteiger partial charge < -0.3 is 15.2 Å². The fourth-order valence-corrected chi connectivity index (χ4v) is 1.86. The minimum Gasteiger partial charge on any atom is -0.486 e. The van der Waals surface area contributed by atoms with E-state index in [4.69, 9.17) is 15.2 Å². The second-order valence-electron chi connectivity index (χ2n) is 4.06. The van der Waals surface area contributed by atoms with Crippen LogP contribution in [0, 0.1) is 0 Å². The fourth-order valence-electron chi connectivity index (χ4n) is 1.86. The van der Waals surface area contributed by atoms with Crippen molar-refractivity contribution in [2.24, 2.45) is 5.73 Å². The molecule has 1 aliphatic heterocycles. The summed E-state index contributed by atoms with van der Waals surface area (Å²) in [7, 11) is 0. The molecule has 0 spiro atoms. The standard InChI is InChI=1S/C12H15F2NO2/c1-7(6-15)8-4-10-11(17-3-2-16-10)5-9(8)12(13)14/h4-5,7,12H,2-3,6,15H2,1H3. The molecule has 1 unspecified atom stereocenters. The Balaban J connectivity index is 2.48. The third kappa shape index (κ3) is 2.34. The van der Waals surface area contributed by atoms with Crippen LogP contribution < -0.4 is 15.2 Å². The Kier molecular flexibility index (Phi) is 3.47. The van der Waals surface area contributed by atoms with Crippen LogP contribution in [0.4, 0.5) is 8.78 Å². The highest BCUT2D eigenvalue weighted by Gasteiger charge is 2.22. The second-order valence-corrected chi connectivity index (χ2v) is 4.06. The first-order valence-electron chi connectivity index (χ1n) is 5.55. The minimum absolute atomic E-state index is 0.0211. The molecule has 1 aromatic rings. The number of alkyl halides is 2. The zero-order valence-electron chi connectivity index (χ0n) is 9.58. The Bertz CT molecular complexity index is 410. The Morgan fingerprint density at radius 2 is 1.71 bits per heavy atom. The van der Waals surface area contributed by atoms with Crippen molar-refractivity contribution in [1.29, 1.82) is 0 Å². The maximum Gasteiger partial charge on any atom is 0.264 e. The van der Waals surface area contributed by atoms with Crippen molar-refractivity contribution >= 4 is 0 Å². The van der Waals surface area contributed by atoms with Crippen LogP contribution >= 0.6 is 0 Å². The van der Waals surface area contributed by atoms with Gasteiger partial charge in [-0.1, -0.05) is 6.92 Å². The van der Waals surface area contributed by atoms with Crippen LogP contribution in [-0.2, 0) is 0 Å². The van der Waals surface area contributed by atoms with Gasteiger partial charge in [0, 0.05) is 5.56 Å². The summed E-state index contributed by atoms with van der Waals surface area (Å²) in [5.41, 5.74) is 6.05. The zero-order chi connectivity index (χ0) is 12.4. The average Bonchev–Trinajstić information content (AvgIpc) is 2.36. The van der Waals surface area contributed by atoms with Gasteiger partial charge in [0.25, 0.3) is 6.43 Å². The molecule has 17 heavy (non-hydrogen) atoms. The number of fused-ring (bicyclic) bond motifs is 1. The quantitative estimate of drug-likeness (QED) is 0.886. The number of nitrogens with two attached hydrogens (primary N) is 1. The topological polar surface area (TPSA) is 44.5 Å². The molecule has 1 atom stereocenters. The van der Waals surface area contributed by atoms with Crippen molar-refractivity contribution in [3.8, 4) is 11.5 Å². The van der Waals surface area contributed by atoms with Gasteiger partial charge in [-0.05, 0) is 30.2 Å². The molecule has 2 N–H and O–H groups in total. The molecule has 0 bridgehead atoms. The van der Waals surface area contributed by atoms with Gasteiger partial charge in [0.15, 0.2) is 11.5 Å². The summed E-state index contributed by atoms with van der Waals surface area (Å²) < 4.78 is 36.6. The number of hydrogen-bond acceptors (Lipinski definition) is 3. The van der Waals surface area contributed by atoms with Gasteiger partial charge in [-0.2, -0.15) is 0 Å². The first-order chi connectivity index (χ1) is 8.13. The van der Waals surface area contributed by atoms with Crippen molar-refractivity contribution in [2.45, 2.75) is 19.3 Å². The summed E-state index contributed by atoms with van der Waals surface area (Å²) in [6, 6.07) is 2.98. The van der Waals surface area contributed by atoms with Gasteiger partial charge in [-0.3, -0.25) is 0 Å². The van der Waals surface area contributed by atoms with Gasteiger partial charge in [0.1, 0.15) is 13.2 Å². The van der Waals surface area contributed by atoms with Crippen LogP contribution in [0.1, 0.15) is 30.4 Å². The fraction of sp³-hybridized carbons (Fsp3) is 0.500. The number of ether oxygens (including phenoxy) is 2. The number of rotatable bonds is 3. The van der Waals surface area contributed by atoms with Crippen molar-refractivity contribution in [2.75, 3.05) is 19.8 Å². The third-order valence-electron chi connectivity index (χ3n) is 2.87. The Morgan fingerprint density at radius 3 is 2.18 bits per heavy atom.